The van der Waals surface area contributed by atoms with Crippen LogP contribution in [0.4, 0.5) is 0 Å². The third-order valence-electron chi connectivity index (χ3n) is 2.52. The van der Waals surface area contributed by atoms with Crippen LogP contribution in [0.1, 0.15) is 5.69 Å². The largest absolute Gasteiger partial charge is 0.495 e. The fourth-order valence-electron chi connectivity index (χ4n) is 1.77. The van der Waals surface area contributed by atoms with Crippen LogP contribution in [0.2, 0.25) is 0 Å². The number of benzene rings is 1. The molecule has 4 nitrogen and oxygen atoms in total. The Morgan fingerprint density at radius 1 is 1.24 bits per heavy atom. The van der Waals surface area contributed by atoms with Gasteiger partial charge in [0.1, 0.15) is 10.6 Å². The lowest BCUT2D eigenvalue weighted by Gasteiger charge is -2.10. The average Bonchev–Trinajstić information content (AvgIpc) is 2.26. The number of aromatic nitrogens is 1. The minimum atomic E-state index is -3.87. The second-order valence-corrected chi connectivity index (χ2v) is 6.03. The maximum atomic E-state index is 11.6. The summed E-state index contributed by atoms with van der Waals surface area (Å²) in [6.45, 7) is 1.80. The average molecular weight is 272 g/mol. The number of methoxy groups -OCH3 is 1. The van der Waals surface area contributed by atoms with Gasteiger partial charge in [0.25, 0.3) is 9.05 Å². The van der Waals surface area contributed by atoms with Crippen LogP contribution in [0, 0.1) is 6.92 Å². The molecule has 0 amide bonds. The smallest absolute Gasteiger partial charge is 0.265 e. The zero-order valence-electron chi connectivity index (χ0n) is 9.27. The van der Waals surface area contributed by atoms with Gasteiger partial charge in [-0.25, -0.2) is 8.42 Å². The topological polar surface area (TPSA) is 56.3 Å². The highest BCUT2D eigenvalue weighted by Gasteiger charge is 2.20. The van der Waals surface area contributed by atoms with Crippen LogP contribution in [-0.4, -0.2) is 20.5 Å². The van der Waals surface area contributed by atoms with E-state index in [1.807, 2.05) is 0 Å². The van der Waals surface area contributed by atoms with Crippen molar-refractivity contribution in [3.63, 3.8) is 0 Å². The van der Waals surface area contributed by atoms with E-state index in [1.165, 1.54) is 7.11 Å². The standard InChI is InChI=1S/C11H10ClNO3S/c1-7-8-3-4-10(16-2)11(17(12,14)15)9(8)5-6-13-7/h3-6H,1-2H3. The molecule has 0 aliphatic rings. The summed E-state index contributed by atoms with van der Waals surface area (Å²) in [6, 6.07) is 4.95. The molecule has 6 heteroatoms. The molecule has 17 heavy (non-hydrogen) atoms. The Balaban J connectivity index is 3.00. The van der Waals surface area contributed by atoms with Gasteiger partial charge in [0.05, 0.1) is 7.11 Å². The lowest BCUT2D eigenvalue weighted by molar-refractivity contribution is 0.404. The zero-order valence-corrected chi connectivity index (χ0v) is 10.8. The fourth-order valence-corrected chi connectivity index (χ4v) is 3.08. The number of hydrogen-bond acceptors (Lipinski definition) is 4. The highest BCUT2D eigenvalue weighted by molar-refractivity contribution is 8.14. The molecule has 2 aromatic rings. The summed E-state index contributed by atoms with van der Waals surface area (Å²) in [5.41, 5.74) is 0.742. The Morgan fingerprint density at radius 3 is 2.53 bits per heavy atom. The van der Waals surface area contributed by atoms with Crippen molar-refractivity contribution >= 4 is 30.5 Å². The highest BCUT2D eigenvalue weighted by Crippen LogP contribution is 2.34. The minimum absolute atomic E-state index is 0.00957. The van der Waals surface area contributed by atoms with Crippen LogP contribution < -0.4 is 4.74 Å². The van der Waals surface area contributed by atoms with Crippen molar-refractivity contribution in [2.75, 3.05) is 7.11 Å². The van der Waals surface area contributed by atoms with Crippen molar-refractivity contribution in [3.8, 4) is 5.75 Å². The molecule has 2 rings (SSSR count). The van der Waals surface area contributed by atoms with Crippen molar-refractivity contribution in [3.05, 3.63) is 30.1 Å². The lowest BCUT2D eigenvalue weighted by atomic mass is 10.1. The van der Waals surface area contributed by atoms with Gasteiger partial charge in [-0.15, -0.1) is 0 Å². The van der Waals surface area contributed by atoms with E-state index in [2.05, 4.69) is 4.98 Å². The minimum Gasteiger partial charge on any atom is -0.495 e. The molecule has 0 aliphatic heterocycles. The van der Waals surface area contributed by atoms with Gasteiger partial charge in [0, 0.05) is 33.3 Å². The molecule has 0 unspecified atom stereocenters. The SMILES string of the molecule is COc1ccc2c(C)nccc2c1S(=O)(=O)Cl. The van der Waals surface area contributed by atoms with Crippen molar-refractivity contribution in [2.24, 2.45) is 0 Å². The lowest BCUT2D eigenvalue weighted by Crippen LogP contribution is -1.98. The molecule has 0 aliphatic carbocycles. The third kappa shape index (κ3) is 2.08. The first-order valence-electron chi connectivity index (χ1n) is 4.82. The summed E-state index contributed by atoms with van der Waals surface area (Å²) in [5, 5.41) is 1.26. The number of aryl methyl sites for hydroxylation is 1. The first kappa shape index (κ1) is 12.1. The molecule has 0 spiro atoms. The van der Waals surface area contributed by atoms with Crippen LogP contribution >= 0.6 is 10.7 Å². The van der Waals surface area contributed by atoms with E-state index >= 15 is 0 Å². The predicted molar refractivity (Wildman–Crippen MR) is 66.1 cm³/mol. The maximum Gasteiger partial charge on any atom is 0.265 e. The van der Waals surface area contributed by atoms with E-state index in [0.717, 1.165) is 11.1 Å². The van der Waals surface area contributed by atoms with E-state index in [9.17, 15) is 8.42 Å². The molecule has 0 fully saturated rings. The van der Waals surface area contributed by atoms with E-state index in [-0.39, 0.29) is 10.6 Å². The molecule has 0 saturated carbocycles. The third-order valence-corrected chi connectivity index (χ3v) is 3.89. The molecule has 0 N–H and O–H groups in total. The molecular formula is C11H10ClNO3S. The summed E-state index contributed by atoms with van der Waals surface area (Å²) in [4.78, 5) is 4.10. The summed E-state index contributed by atoms with van der Waals surface area (Å²) in [5.74, 6) is 0.234. The second kappa shape index (κ2) is 4.16. The summed E-state index contributed by atoms with van der Waals surface area (Å²) < 4.78 is 28.2. The molecule has 0 atom stereocenters. The number of hydrogen-bond donors (Lipinski definition) is 0. The van der Waals surface area contributed by atoms with Crippen LogP contribution in [0.25, 0.3) is 10.8 Å². The molecule has 1 heterocycles. The first-order chi connectivity index (χ1) is 7.95. The van der Waals surface area contributed by atoms with Crippen molar-refractivity contribution in [2.45, 2.75) is 11.8 Å². The Bertz CT molecular complexity index is 682. The van der Waals surface area contributed by atoms with E-state index < -0.39 is 9.05 Å². The fraction of sp³-hybridized carbons (Fsp3) is 0.182. The number of fused-ring (bicyclic) bond motifs is 1. The second-order valence-electron chi connectivity index (χ2n) is 3.53. The number of halogens is 1. The highest BCUT2D eigenvalue weighted by atomic mass is 35.7. The molecule has 1 aromatic carbocycles. The first-order valence-corrected chi connectivity index (χ1v) is 7.13. The molecular weight excluding hydrogens is 262 g/mol. The van der Waals surface area contributed by atoms with Crippen LogP contribution in [0.15, 0.2) is 29.3 Å². The molecule has 90 valence electrons. The monoisotopic (exact) mass is 271 g/mol. The summed E-state index contributed by atoms with van der Waals surface area (Å²) in [7, 11) is 2.98. The van der Waals surface area contributed by atoms with Crippen LogP contribution in [0.5, 0.6) is 5.75 Å². The van der Waals surface area contributed by atoms with Gasteiger partial charge in [-0.2, -0.15) is 0 Å². The van der Waals surface area contributed by atoms with Crippen molar-refractivity contribution in [1.29, 1.82) is 0 Å². The zero-order chi connectivity index (χ0) is 12.6. The van der Waals surface area contributed by atoms with E-state index in [0.29, 0.717) is 5.39 Å². The van der Waals surface area contributed by atoms with Crippen LogP contribution in [0.3, 0.4) is 0 Å². The Kier molecular flexibility index (Phi) is 2.97. The van der Waals surface area contributed by atoms with Gasteiger partial charge < -0.3 is 4.74 Å². The molecule has 0 radical (unpaired) electrons. The quantitative estimate of drug-likeness (QED) is 0.788. The molecule has 0 bridgehead atoms. The van der Waals surface area contributed by atoms with Gasteiger partial charge in [-0.05, 0) is 25.1 Å². The molecule has 1 aromatic heterocycles. The summed E-state index contributed by atoms with van der Waals surface area (Å²) >= 11 is 0. The van der Waals surface area contributed by atoms with E-state index in [1.54, 1.807) is 31.3 Å². The Labute approximate surface area is 104 Å². The number of rotatable bonds is 2. The van der Waals surface area contributed by atoms with Gasteiger partial charge >= 0.3 is 0 Å². The normalized spacial score (nSPS) is 11.7. The van der Waals surface area contributed by atoms with E-state index in [4.69, 9.17) is 15.4 Å². The van der Waals surface area contributed by atoms with Crippen molar-refractivity contribution in [1.82, 2.24) is 4.98 Å². The van der Waals surface area contributed by atoms with Gasteiger partial charge in [0.2, 0.25) is 0 Å². The number of pyridine rings is 1. The number of nitrogens with zero attached hydrogens (tertiary/aromatic N) is 1. The predicted octanol–water partition coefficient (Wildman–Crippen LogP) is 2.48. The Morgan fingerprint density at radius 2 is 1.94 bits per heavy atom. The van der Waals surface area contributed by atoms with Gasteiger partial charge in [-0.1, -0.05) is 0 Å². The van der Waals surface area contributed by atoms with Crippen molar-refractivity contribution < 1.29 is 13.2 Å². The van der Waals surface area contributed by atoms with Gasteiger partial charge in [-0.3, -0.25) is 4.98 Å². The summed E-state index contributed by atoms with van der Waals surface area (Å²) in [6.07, 6.45) is 1.54. The maximum absolute atomic E-state index is 11.6. The number of ether oxygens (including phenoxy) is 1. The van der Waals surface area contributed by atoms with Crippen LogP contribution in [-0.2, 0) is 9.05 Å². The van der Waals surface area contributed by atoms with Gasteiger partial charge in [0.15, 0.2) is 0 Å². The molecule has 0 saturated heterocycles. The Hall–Kier alpha value is -1.33.